The van der Waals surface area contributed by atoms with Crippen LogP contribution in [0.1, 0.15) is 32.3 Å². The van der Waals surface area contributed by atoms with Gasteiger partial charge in [0.1, 0.15) is 0 Å². The number of nitrogens with one attached hydrogen (secondary N) is 1. The molecule has 0 radical (unpaired) electrons. The normalized spacial score (nSPS) is 19.0. The summed E-state index contributed by atoms with van der Waals surface area (Å²) >= 11 is 0. The molecule has 0 aromatic heterocycles. The molecule has 1 aliphatic heterocycles. The SMILES string of the molecule is Cc1ccc(S(=O)(=O)NC(=O)N2CCCC2C(C)C)cc1. The Balaban J connectivity index is 2.13. The van der Waals surface area contributed by atoms with Gasteiger partial charge in [0, 0.05) is 12.6 Å². The van der Waals surface area contributed by atoms with E-state index in [-0.39, 0.29) is 10.9 Å². The van der Waals surface area contributed by atoms with Crippen LogP contribution < -0.4 is 4.72 Å². The minimum atomic E-state index is -3.80. The smallest absolute Gasteiger partial charge is 0.321 e. The summed E-state index contributed by atoms with van der Waals surface area (Å²) in [6, 6.07) is 6.03. The predicted octanol–water partition coefficient (Wildman–Crippen LogP) is 2.51. The van der Waals surface area contributed by atoms with Gasteiger partial charge in [0.15, 0.2) is 0 Å². The number of likely N-dealkylation sites (tertiary alicyclic amines) is 1. The second kappa shape index (κ2) is 6.05. The van der Waals surface area contributed by atoms with E-state index in [1.54, 1.807) is 17.0 Å². The third-order valence-corrected chi connectivity index (χ3v) is 5.22. The number of hydrogen-bond acceptors (Lipinski definition) is 3. The van der Waals surface area contributed by atoms with E-state index in [1.807, 2.05) is 20.8 Å². The zero-order valence-electron chi connectivity index (χ0n) is 12.7. The molecule has 6 heteroatoms. The lowest BCUT2D eigenvalue weighted by Crippen LogP contribution is -2.46. The molecule has 0 saturated carbocycles. The number of aryl methyl sites for hydroxylation is 1. The van der Waals surface area contributed by atoms with Gasteiger partial charge >= 0.3 is 6.03 Å². The van der Waals surface area contributed by atoms with E-state index >= 15 is 0 Å². The van der Waals surface area contributed by atoms with Crippen LogP contribution in [0.15, 0.2) is 29.2 Å². The second-order valence-electron chi connectivity index (χ2n) is 5.87. The second-order valence-corrected chi connectivity index (χ2v) is 7.55. The molecule has 2 amide bonds. The summed E-state index contributed by atoms with van der Waals surface area (Å²) in [7, 11) is -3.80. The summed E-state index contributed by atoms with van der Waals surface area (Å²) in [5.74, 6) is 0.320. The highest BCUT2D eigenvalue weighted by molar-refractivity contribution is 7.90. The lowest BCUT2D eigenvalue weighted by atomic mass is 10.0. The summed E-state index contributed by atoms with van der Waals surface area (Å²) in [4.78, 5) is 14.0. The molecule has 2 rings (SSSR count). The molecule has 21 heavy (non-hydrogen) atoms. The monoisotopic (exact) mass is 310 g/mol. The van der Waals surface area contributed by atoms with E-state index in [4.69, 9.17) is 0 Å². The first kappa shape index (κ1) is 15.8. The van der Waals surface area contributed by atoms with Crippen molar-refractivity contribution in [3.63, 3.8) is 0 Å². The lowest BCUT2D eigenvalue weighted by molar-refractivity contribution is 0.184. The van der Waals surface area contributed by atoms with Crippen LogP contribution in [0, 0.1) is 12.8 Å². The molecular weight excluding hydrogens is 288 g/mol. The van der Waals surface area contributed by atoms with E-state index in [0.29, 0.717) is 12.5 Å². The quantitative estimate of drug-likeness (QED) is 0.933. The van der Waals surface area contributed by atoms with Gasteiger partial charge in [-0.25, -0.2) is 17.9 Å². The van der Waals surface area contributed by atoms with Crippen molar-refractivity contribution >= 4 is 16.1 Å². The molecule has 1 atom stereocenters. The van der Waals surface area contributed by atoms with Gasteiger partial charge in [-0.1, -0.05) is 31.5 Å². The number of rotatable bonds is 3. The van der Waals surface area contributed by atoms with Gasteiger partial charge in [-0.15, -0.1) is 0 Å². The van der Waals surface area contributed by atoms with Gasteiger partial charge in [-0.05, 0) is 37.8 Å². The first-order valence-electron chi connectivity index (χ1n) is 7.21. The Labute approximate surface area is 126 Å². The average molecular weight is 310 g/mol. The zero-order chi connectivity index (χ0) is 15.6. The average Bonchev–Trinajstić information content (AvgIpc) is 2.88. The number of benzene rings is 1. The van der Waals surface area contributed by atoms with Crippen molar-refractivity contribution in [2.45, 2.75) is 44.6 Å². The van der Waals surface area contributed by atoms with Crippen LogP contribution in [-0.2, 0) is 10.0 Å². The van der Waals surface area contributed by atoms with Crippen molar-refractivity contribution in [1.29, 1.82) is 0 Å². The van der Waals surface area contributed by atoms with Crippen LogP contribution in [-0.4, -0.2) is 31.9 Å². The number of carbonyl (C=O) groups is 1. The molecule has 0 spiro atoms. The molecule has 0 bridgehead atoms. The standard InChI is InChI=1S/C15H22N2O3S/c1-11(2)14-5-4-10-17(14)15(18)16-21(19,20)13-8-6-12(3)7-9-13/h6-9,11,14H,4-5,10H2,1-3H3,(H,16,18). The molecule has 1 aliphatic rings. The highest BCUT2D eigenvalue weighted by atomic mass is 32.2. The highest BCUT2D eigenvalue weighted by Gasteiger charge is 2.32. The molecule has 1 aromatic rings. The summed E-state index contributed by atoms with van der Waals surface area (Å²) in [5, 5.41) is 0. The fourth-order valence-electron chi connectivity index (χ4n) is 2.69. The summed E-state index contributed by atoms with van der Waals surface area (Å²) in [5.41, 5.74) is 0.972. The van der Waals surface area contributed by atoms with E-state index in [0.717, 1.165) is 18.4 Å². The largest absolute Gasteiger partial charge is 0.331 e. The molecule has 1 heterocycles. The van der Waals surface area contributed by atoms with Crippen molar-refractivity contribution in [3.8, 4) is 0 Å². The van der Waals surface area contributed by atoms with Crippen molar-refractivity contribution < 1.29 is 13.2 Å². The molecule has 116 valence electrons. The first-order valence-corrected chi connectivity index (χ1v) is 8.69. The van der Waals surface area contributed by atoms with E-state index < -0.39 is 16.1 Å². The molecule has 1 N–H and O–H groups in total. The number of amides is 2. The van der Waals surface area contributed by atoms with E-state index in [9.17, 15) is 13.2 Å². The fourth-order valence-corrected chi connectivity index (χ4v) is 3.65. The summed E-state index contributed by atoms with van der Waals surface area (Å²) < 4.78 is 26.6. The Morgan fingerprint density at radius 3 is 2.48 bits per heavy atom. The molecule has 1 saturated heterocycles. The van der Waals surface area contributed by atoms with Crippen molar-refractivity contribution in [2.75, 3.05) is 6.54 Å². The topological polar surface area (TPSA) is 66.5 Å². The molecule has 0 aliphatic carbocycles. The number of carbonyl (C=O) groups excluding carboxylic acids is 1. The van der Waals surface area contributed by atoms with Gasteiger partial charge in [0.05, 0.1) is 4.90 Å². The predicted molar refractivity (Wildman–Crippen MR) is 81.5 cm³/mol. The number of hydrogen-bond donors (Lipinski definition) is 1. The van der Waals surface area contributed by atoms with Crippen LogP contribution >= 0.6 is 0 Å². The van der Waals surface area contributed by atoms with E-state index in [1.165, 1.54) is 12.1 Å². The Kier molecular flexibility index (Phi) is 4.56. The Hall–Kier alpha value is -1.56. The third kappa shape index (κ3) is 3.56. The van der Waals surface area contributed by atoms with E-state index in [2.05, 4.69) is 4.72 Å². The van der Waals surface area contributed by atoms with Gasteiger partial charge in [-0.2, -0.15) is 0 Å². The minimum absolute atomic E-state index is 0.109. The Morgan fingerprint density at radius 2 is 1.90 bits per heavy atom. The van der Waals surface area contributed by atoms with Crippen LogP contribution in [0.4, 0.5) is 4.79 Å². The number of urea groups is 1. The van der Waals surface area contributed by atoms with Crippen LogP contribution in [0.3, 0.4) is 0 Å². The van der Waals surface area contributed by atoms with Crippen LogP contribution in [0.25, 0.3) is 0 Å². The Bertz CT molecular complexity index is 608. The van der Waals surface area contributed by atoms with Crippen molar-refractivity contribution in [2.24, 2.45) is 5.92 Å². The molecule has 1 aromatic carbocycles. The Morgan fingerprint density at radius 1 is 1.29 bits per heavy atom. The fraction of sp³-hybridized carbons (Fsp3) is 0.533. The maximum absolute atomic E-state index is 12.3. The van der Waals surface area contributed by atoms with Gasteiger partial charge in [0.25, 0.3) is 10.0 Å². The highest BCUT2D eigenvalue weighted by Crippen LogP contribution is 2.24. The number of sulfonamides is 1. The van der Waals surface area contributed by atoms with Crippen LogP contribution in [0.5, 0.6) is 0 Å². The maximum atomic E-state index is 12.3. The molecule has 1 unspecified atom stereocenters. The van der Waals surface area contributed by atoms with Gasteiger partial charge < -0.3 is 4.90 Å². The zero-order valence-corrected chi connectivity index (χ0v) is 13.5. The van der Waals surface area contributed by atoms with Crippen molar-refractivity contribution in [1.82, 2.24) is 9.62 Å². The van der Waals surface area contributed by atoms with Crippen LogP contribution in [0.2, 0.25) is 0 Å². The third-order valence-electron chi connectivity index (χ3n) is 3.88. The minimum Gasteiger partial charge on any atom is -0.321 e. The molecule has 5 nitrogen and oxygen atoms in total. The molecular formula is C15H22N2O3S. The number of nitrogens with zero attached hydrogens (tertiary/aromatic N) is 1. The maximum Gasteiger partial charge on any atom is 0.331 e. The van der Waals surface area contributed by atoms with Gasteiger partial charge in [0.2, 0.25) is 0 Å². The van der Waals surface area contributed by atoms with Crippen molar-refractivity contribution in [3.05, 3.63) is 29.8 Å². The lowest BCUT2D eigenvalue weighted by Gasteiger charge is -2.27. The summed E-state index contributed by atoms with van der Waals surface area (Å²) in [6.07, 6.45) is 1.84. The first-order chi connectivity index (χ1) is 9.81. The van der Waals surface area contributed by atoms with Gasteiger partial charge in [-0.3, -0.25) is 0 Å². The summed E-state index contributed by atoms with van der Waals surface area (Å²) in [6.45, 7) is 6.58. The molecule has 1 fully saturated rings.